The van der Waals surface area contributed by atoms with Crippen LogP contribution in [-0.2, 0) is 23.1 Å². The maximum Gasteiger partial charge on any atom is 0.244 e. The van der Waals surface area contributed by atoms with E-state index in [4.69, 9.17) is 9.26 Å². The summed E-state index contributed by atoms with van der Waals surface area (Å²) in [6, 6.07) is 6.62. The maximum atomic E-state index is 12.4. The van der Waals surface area contributed by atoms with Gasteiger partial charge in [-0.1, -0.05) is 11.2 Å². The van der Waals surface area contributed by atoms with E-state index in [9.17, 15) is 8.42 Å². The van der Waals surface area contributed by atoms with Crippen LogP contribution < -0.4 is 14.8 Å². The van der Waals surface area contributed by atoms with Gasteiger partial charge in [0.1, 0.15) is 10.6 Å². The van der Waals surface area contributed by atoms with Crippen molar-refractivity contribution in [3.05, 3.63) is 41.8 Å². The van der Waals surface area contributed by atoms with Crippen LogP contribution in [-0.4, -0.2) is 27.7 Å². The largest absolute Gasteiger partial charge is 0.495 e. The van der Waals surface area contributed by atoms with Crippen molar-refractivity contribution in [1.82, 2.24) is 15.2 Å². The fraction of sp³-hybridized carbons (Fsp3) is 0.308. The van der Waals surface area contributed by atoms with Gasteiger partial charge < -0.3 is 14.6 Å². The lowest BCUT2D eigenvalue weighted by Crippen LogP contribution is -2.24. The van der Waals surface area contributed by atoms with E-state index in [0.29, 0.717) is 18.1 Å². The van der Waals surface area contributed by atoms with E-state index in [0.717, 1.165) is 5.56 Å². The summed E-state index contributed by atoms with van der Waals surface area (Å²) in [6.45, 7) is 0.594. The monoisotopic (exact) mass is 311 g/mol. The zero-order valence-electron chi connectivity index (χ0n) is 11.8. The third-order valence-electron chi connectivity index (χ3n) is 2.83. The van der Waals surface area contributed by atoms with Crippen LogP contribution in [0.5, 0.6) is 5.75 Å². The van der Waals surface area contributed by atoms with Crippen LogP contribution in [0.25, 0.3) is 0 Å². The molecule has 0 spiro atoms. The van der Waals surface area contributed by atoms with Gasteiger partial charge in [-0.2, -0.15) is 0 Å². The Kier molecular flexibility index (Phi) is 4.94. The summed E-state index contributed by atoms with van der Waals surface area (Å²) in [5, 5.41) is 6.50. The number of nitrogens with zero attached hydrogens (tertiary/aromatic N) is 1. The summed E-state index contributed by atoms with van der Waals surface area (Å²) in [7, 11) is -0.485. The highest BCUT2D eigenvalue weighted by molar-refractivity contribution is 7.89. The molecule has 0 amide bonds. The summed E-state index contributed by atoms with van der Waals surface area (Å²) in [5.41, 5.74) is 0.846. The molecule has 0 unspecified atom stereocenters. The smallest absolute Gasteiger partial charge is 0.244 e. The molecule has 8 heteroatoms. The molecule has 0 fully saturated rings. The lowest BCUT2D eigenvalue weighted by molar-refractivity contribution is 0.379. The van der Waals surface area contributed by atoms with Crippen LogP contribution in [0.1, 0.15) is 11.3 Å². The Morgan fingerprint density at radius 3 is 2.71 bits per heavy atom. The van der Waals surface area contributed by atoms with Gasteiger partial charge in [-0.15, -0.1) is 0 Å². The lowest BCUT2D eigenvalue weighted by atomic mass is 10.2. The van der Waals surface area contributed by atoms with E-state index in [1.165, 1.54) is 13.3 Å². The molecule has 0 aliphatic rings. The Balaban J connectivity index is 2.26. The SMILES string of the molecule is CNCc1ccc(OC)c(S(=O)(=O)NCc2ccno2)c1. The first-order valence-electron chi connectivity index (χ1n) is 6.27. The molecule has 0 radical (unpaired) electrons. The number of aromatic nitrogens is 1. The molecule has 0 aliphatic carbocycles. The molecule has 0 saturated carbocycles. The van der Waals surface area contributed by atoms with Crippen molar-refractivity contribution in [3.63, 3.8) is 0 Å². The van der Waals surface area contributed by atoms with Gasteiger partial charge in [0.05, 0.1) is 19.9 Å². The Morgan fingerprint density at radius 1 is 1.29 bits per heavy atom. The average Bonchev–Trinajstić information content (AvgIpc) is 2.99. The lowest BCUT2D eigenvalue weighted by Gasteiger charge is -2.11. The van der Waals surface area contributed by atoms with E-state index in [-0.39, 0.29) is 11.4 Å². The predicted molar refractivity (Wildman–Crippen MR) is 76.3 cm³/mol. The molecule has 1 heterocycles. The second-order valence-corrected chi connectivity index (χ2v) is 6.05. The van der Waals surface area contributed by atoms with Crippen LogP contribution in [0.2, 0.25) is 0 Å². The van der Waals surface area contributed by atoms with E-state index >= 15 is 0 Å². The van der Waals surface area contributed by atoms with Gasteiger partial charge in [-0.3, -0.25) is 0 Å². The second-order valence-electron chi connectivity index (χ2n) is 4.32. The molecule has 1 aromatic carbocycles. The summed E-state index contributed by atoms with van der Waals surface area (Å²) in [5.74, 6) is 0.726. The quantitative estimate of drug-likeness (QED) is 0.788. The highest BCUT2D eigenvalue weighted by Gasteiger charge is 2.20. The second kappa shape index (κ2) is 6.70. The van der Waals surface area contributed by atoms with Crippen LogP contribution in [0.4, 0.5) is 0 Å². The van der Waals surface area contributed by atoms with Gasteiger partial charge >= 0.3 is 0 Å². The normalized spacial score (nSPS) is 11.5. The number of hydrogen-bond donors (Lipinski definition) is 2. The van der Waals surface area contributed by atoms with Crippen molar-refractivity contribution in [3.8, 4) is 5.75 Å². The molecule has 0 bridgehead atoms. The van der Waals surface area contributed by atoms with Gasteiger partial charge in [-0.25, -0.2) is 13.1 Å². The first kappa shape index (κ1) is 15.5. The molecule has 114 valence electrons. The number of benzene rings is 1. The van der Waals surface area contributed by atoms with Crippen molar-refractivity contribution in [2.45, 2.75) is 18.0 Å². The molecule has 2 rings (SSSR count). The first-order chi connectivity index (χ1) is 10.1. The minimum Gasteiger partial charge on any atom is -0.495 e. The van der Waals surface area contributed by atoms with E-state index in [2.05, 4.69) is 15.2 Å². The number of ether oxygens (including phenoxy) is 1. The van der Waals surface area contributed by atoms with Crippen LogP contribution in [0, 0.1) is 0 Å². The molecule has 7 nitrogen and oxygen atoms in total. The number of methoxy groups -OCH3 is 1. The Hall–Kier alpha value is -1.90. The third-order valence-corrected chi connectivity index (χ3v) is 4.25. The number of nitrogens with one attached hydrogen (secondary N) is 2. The minimum absolute atomic E-state index is 0.0295. The van der Waals surface area contributed by atoms with Crippen molar-refractivity contribution in [1.29, 1.82) is 0 Å². The first-order valence-corrected chi connectivity index (χ1v) is 7.76. The van der Waals surface area contributed by atoms with Gasteiger partial charge in [0.2, 0.25) is 10.0 Å². The maximum absolute atomic E-state index is 12.4. The summed E-state index contributed by atoms with van der Waals surface area (Å²) in [6.07, 6.45) is 1.46. The van der Waals surface area contributed by atoms with E-state index in [1.54, 1.807) is 25.2 Å². The van der Waals surface area contributed by atoms with Gasteiger partial charge in [0.25, 0.3) is 0 Å². The topological polar surface area (TPSA) is 93.5 Å². The molecule has 21 heavy (non-hydrogen) atoms. The van der Waals surface area contributed by atoms with Gasteiger partial charge in [0.15, 0.2) is 5.76 Å². The van der Waals surface area contributed by atoms with Crippen molar-refractivity contribution >= 4 is 10.0 Å². The molecule has 0 atom stereocenters. The number of sulfonamides is 1. The average molecular weight is 311 g/mol. The molecule has 2 aromatic rings. The Labute approximate surface area is 123 Å². The number of hydrogen-bond acceptors (Lipinski definition) is 6. The Bertz CT molecular complexity index is 683. The van der Waals surface area contributed by atoms with Crippen LogP contribution in [0.15, 0.2) is 39.9 Å². The minimum atomic E-state index is -3.71. The fourth-order valence-electron chi connectivity index (χ4n) is 1.82. The van der Waals surface area contributed by atoms with Gasteiger partial charge in [0, 0.05) is 12.6 Å². The molecular formula is C13H17N3O4S. The molecular weight excluding hydrogens is 294 g/mol. The molecule has 0 aliphatic heterocycles. The number of rotatable bonds is 7. The van der Waals surface area contributed by atoms with Crippen LogP contribution >= 0.6 is 0 Å². The standard InChI is InChI=1S/C13H17N3O4S/c1-14-8-10-3-4-12(19-2)13(7-10)21(17,18)16-9-11-5-6-15-20-11/h3-7,14,16H,8-9H2,1-2H3. The van der Waals surface area contributed by atoms with Crippen molar-refractivity contribution in [2.24, 2.45) is 0 Å². The van der Waals surface area contributed by atoms with Crippen LogP contribution in [0.3, 0.4) is 0 Å². The molecule has 2 N–H and O–H groups in total. The Morgan fingerprint density at radius 2 is 2.10 bits per heavy atom. The summed E-state index contributed by atoms with van der Waals surface area (Å²) < 4.78 is 37.2. The predicted octanol–water partition coefficient (Wildman–Crippen LogP) is 0.881. The van der Waals surface area contributed by atoms with E-state index in [1.807, 2.05) is 6.07 Å². The van der Waals surface area contributed by atoms with Gasteiger partial charge in [-0.05, 0) is 24.7 Å². The summed E-state index contributed by atoms with van der Waals surface area (Å²) in [4.78, 5) is 0.0947. The zero-order valence-corrected chi connectivity index (χ0v) is 12.6. The highest BCUT2D eigenvalue weighted by atomic mass is 32.2. The molecule has 0 saturated heterocycles. The highest BCUT2D eigenvalue weighted by Crippen LogP contribution is 2.25. The third kappa shape index (κ3) is 3.81. The van der Waals surface area contributed by atoms with Crippen molar-refractivity contribution < 1.29 is 17.7 Å². The molecule has 1 aromatic heterocycles. The van der Waals surface area contributed by atoms with E-state index < -0.39 is 10.0 Å². The van der Waals surface area contributed by atoms with Crippen molar-refractivity contribution in [2.75, 3.05) is 14.2 Å². The summed E-state index contributed by atoms with van der Waals surface area (Å²) >= 11 is 0. The fourth-order valence-corrected chi connectivity index (χ4v) is 3.03. The zero-order chi connectivity index (χ0) is 15.3.